The molecule has 0 heterocycles. The van der Waals surface area contributed by atoms with Gasteiger partial charge >= 0.3 is 0 Å². The van der Waals surface area contributed by atoms with Crippen LogP contribution in [0.25, 0.3) is 0 Å². The lowest BCUT2D eigenvalue weighted by Gasteiger charge is -2.09. The highest BCUT2D eigenvalue weighted by molar-refractivity contribution is 9.25. The average molecular weight is 293 g/mol. The minimum absolute atomic E-state index is 0.596. The van der Waals surface area contributed by atoms with E-state index in [1.165, 1.54) is 5.56 Å². The molecular formula is C9H11Br2N. The molecule has 0 bridgehead atoms. The van der Waals surface area contributed by atoms with Gasteiger partial charge in [0.2, 0.25) is 0 Å². The van der Waals surface area contributed by atoms with Gasteiger partial charge < -0.3 is 0 Å². The Morgan fingerprint density at radius 1 is 1.08 bits per heavy atom. The zero-order chi connectivity index (χ0) is 9.14. The molecule has 1 rings (SSSR count). The molecule has 0 saturated carbocycles. The quantitative estimate of drug-likeness (QED) is 0.737. The van der Waals surface area contributed by atoms with Crippen LogP contribution in [0.1, 0.15) is 25.3 Å². The van der Waals surface area contributed by atoms with E-state index in [0.717, 1.165) is 5.69 Å². The number of hydrogen-bond acceptors (Lipinski definition) is 1. The summed E-state index contributed by atoms with van der Waals surface area (Å²) in [7, 11) is 0. The van der Waals surface area contributed by atoms with Gasteiger partial charge in [0.25, 0.3) is 0 Å². The first kappa shape index (κ1) is 10.1. The smallest absolute Gasteiger partial charge is 0.0617 e. The average Bonchev–Trinajstić information content (AvgIpc) is 2.04. The standard InChI is InChI=1S/C9H11Br2N/c1-7(2)8-3-5-9(6-4-8)12(10)11/h3-7H,1-2H3. The molecule has 0 radical (unpaired) electrons. The SMILES string of the molecule is CC(C)c1ccc(N(Br)Br)cc1. The van der Waals surface area contributed by atoms with Gasteiger partial charge in [-0.1, -0.05) is 26.0 Å². The minimum Gasteiger partial charge on any atom is -0.243 e. The Morgan fingerprint density at radius 2 is 1.58 bits per heavy atom. The van der Waals surface area contributed by atoms with Crippen molar-refractivity contribution in [3.8, 4) is 0 Å². The van der Waals surface area contributed by atoms with Crippen molar-refractivity contribution in [1.82, 2.24) is 0 Å². The van der Waals surface area contributed by atoms with Crippen LogP contribution in [0.5, 0.6) is 0 Å². The first-order valence-corrected chi connectivity index (χ1v) is 5.24. The number of hydrogen-bond donors (Lipinski definition) is 0. The Balaban J connectivity index is 2.86. The zero-order valence-electron chi connectivity index (χ0n) is 7.09. The van der Waals surface area contributed by atoms with Crippen LogP contribution in [0.15, 0.2) is 24.3 Å². The summed E-state index contributed by atoms with van der Waals surface area (Å²) in [5.74, 6) is 0.596. The van der Waals surface area contributed by atoms with Gasteiger partial charge in [0.1, 0.15) is 0 Å². The minimum atomic E-state index is 0.596. The number of anilines is 1. The van der Waals surface area contributed by atoms with E-state index in [9.17, 15) is 0 Å². The largest absolute Gasteiger partial charge is 0.243 e. The molecule has 0 atom stereocenters. The Bertz CT molecular complexity index is 214. The number of rotatable bonds is 2. The first-order chi connectivity index (χ1) is 5.61. The molecule has 0 amide bonds. The summed E-state index contributed by atoms with van der Waals surface area (Å²) in [6, 6.07) is 8.41. The first-order valence-electron chi connectivity index (χ1n) is 3.83. The summed E-state index contributed by atoms with van der Waals surface area (Å²) in [4.78, 5) is 0. The highest BCUT2D eigenvalue weighted by Crippen LogP contribution is 2.24. The Labute approximate surface area is 90.4 Å². The van der Waals surface area contributed by atoms with Gasteiger partial charge in [0, 0.05) is 0 Å². The van der Waals surface area contributed by atoms with E-state index in [2.05, 4.69) is 70.4 Å². The Morgan fingerprint density at radius 3 is 1.92 bits per heavy atom. The number of benzene rings is 1. The van der Waals surface area contributed by atoms with Crippen molar-refractivity contribution in [1.29, 1.82) is 0 Å². The van der Waals surface area contributed by atoms with Crippen molar-refractivity contribution in [2.45, 2.75) is 19.8 Å². The topological polar surface area (TPSA) is 3.24 Å². The maximum Gasteiger partial charge on any atom is 0.0617 e. The van der Waals surface area contributed by atoms with Crippen LogP contribution in [-0.2, 0) is 0 Å². The van der Waals surface area contributed by atoms with Gasteiger partial charge in [-0.15, -0.1) is 0 Å². The van der Waals surface area contributed by atoms with Gasteiger partial charge in [-0.2, -0.15) is 0 Å². The molecule has 1 aromatic rings. The van der Waals surface area contributed by atoms with Gasteiger partial charge in [0.15, 0.2) is 0 Å². The van der Waals surface area contributed by atoms with E-state index < -0.39 is 0 Å². The van der Waals surface area contributed by atoms with E-state index in [1.54, 1.807) is 2.95 Å². The summed E-state index contributed by atoms with van der Waals surface area (Å²) in [5.41, 5.74) is 2.46. The third-order valence-electron chi connectivity index (χ3n) is 1.75. The molecule has 3 heteroatoms. The number of halogens is 2. The van der Waals surface area contributed by atoms with Crippen molar-refractivity contribution >= 4 is 38.0 Å². The van der Waals surface area contributed by atoms with Crippen LogP contribution in [-0.4, -0.2) is 0 Å². The lowest BCUT2D eigenvalue weighted by atomic mass is 10.0. The molecule has 0 fully saturated rings. The molecule has 0 N–H and O–H groups in total. The highest BCUT2D eigenvalue weighted by Gasteiger charge is 2.00. The van der Waals surface area contributed by atoms with E-state index in [1.807, 2.05) is 0 Å². The van der Waals surface area contributed by atoms with E-state index in [4.69, 9.17) is 0 Å². The molecule has 0 aromatic heterocycles. The predicted octanol–water partition coefficient (Wildman–Crippen LogP) is 4.24. The Kier molecular flexibility index (Phi) is 3.59. The number of nitrogens with zero attached hydrogens (tertiary/aromatic N) is 1. The Hall–Kier alpha value is -0.0200. The molecule has 0 saturated heterocycles. The van der Waals surface area contributed by atoms with Gasteiger partial charge in [-0.3, -0.25) is 0 Å². The summed E-state index contributed by atoms with van der Waals surface area (Å²) in [6.45, 7) is 4.38. The second-order valence-electron chi connectivity index (χ2n) is 2.98. The third kappa shape index (κ3) is 2.49. The van der Waals surface area contributed by atoms with Gasteiger partial charge in [-0.25, -0.2) is 2.95 Å². The normalized spacial score (nSPS) is 10.4. The summed E-state index contributed by atoms with van der Waals surface area (Å²) in [5, 5.41) is 0. The summed E-state index contributed by atoms with van der Waals surface area (Å²) in [6.07, 6.45) is 0. The fraction of sp³-hybridized carbons (Fsp3) is 0.333. The second kappa shape index (κ2) is 4.28. The maximum absolute atomic E-state index is 3.29. The van der Waals surface area contributed by atoms with E-state index >= 15 is 0 Å². The maximum atomic E-state index is 3.29. The van der Waals surface area contributed by atoms with Crippen LogP contribution in [0, 0.1) is 0 Å². The molecule has 0 aliphatic heterocycles. The molecule has 0 aliphatic rings. The van der Waals surface area contributed by atoms with Crippen LogP contribution >= 0.6 is 32.3 Å². The summed E-state index contributed by atoms with van der Waals surface area (Å²) < 4.78 is 1.74. The monoisotopic (exact) mass is 291 g/mol. The summed E-state index contributed by atoms with van der Waals surface area (Å²) >= 11 is 6.59. The molecule has 1 aromatic carbocycles. The van der Waals surface area contributed by atoms with Gasteiger partial charge in [0.05, 0.1) is 38.0 Å². The van der Waals surface area contributed by atoms with E-state index in [0.29, 0.717) is 5.92 Å². The fourth-order valence-corrected chi connectivity index (χ4v) is 1.44. The van der Waals surface area contributed by atoms with Crippen molar-refractivity contribution in [3.63, 3.8) is 0 Å². The lowest BCUT2D eigenvalue weighted by molar-refractivity contribution is 0.867. The van der Waals surface area contributed by atoms with Crippen LogP contribution in [0.4, 0.5) is 5.69 Å². The lowest BCUT2D eigenvalue weighted by Crippen LogP contribution is -1.91. The fourth-order valence-electron chi connectivity index (χ4n) is 0.972. The van der Waals surface area contributed by atoms with Crippen molar-refractivity contribution in [2.75, 3.05) is 2.95 Å². The molecule has 1 nitrogen and oxygen atoms in total. The third-order valence-corrected chi connectivity index (χ3v) is 2.57. The highest BCUT2D eigenvalue weighted by atomic mass is 79.9. The van der Waals surface area contributed by atoms with Gasteiger partial charge in [-0.05, 0) is 23.6 Å². The molecular weight excluding hydrogens is 282 g/mol. The zero-order valence-corrected chi connectivity index (χ0v) is 10.3. The second-order valence-corrected chi connectivity index (χ2v) is 5.35. The van der Waals surface area contributed by atoms with Crippen molar-refractivity contribution < 1.29 is 0 Å². The van der Waals surface area contributed by atoms with Crippen LogP contribution in [0.3, 0.4) is 0 Å². The molecule has 0 unspecified atom stereocenters. The van der Waals surface area contributed by atoms with Crippen LogP contribution in [0.2, 0.25) is 0 Å². The van der Waals surface area contributed by atoms with Crippen molar-refractivity contribution in [2.24, 2.45) is 0 Å². The van der Waals surface area contributed by atoms with Crippen molar-refractivity contribution in [3.05, 3.63) is 29.8 Å². The predicted molar refractivity (Wildman–Crippen MR) is 60.9 cm³/mol. The van der Waals surface area contributed by atoms with E-state index in [-0.39, 0.29) is 0 Å². The molecule has 0 aliphatic carbocycles. The molecule has 66 valence electrons. The molecule has 12 heavy (non-hydrogen) atoms. The molecule has 0 spiro atoms. The van der Waals surface area contributed by atoms with Crippen LogP contribution < -0.4 is 2.95 Å².